The summed E-state index contributed by atoms with van der Waals surface area (Å²) in [6.07, 6.45) is 1.10. The normalized spacial score (nSPS) is 20.7. The zero-order valence-corrected chi connectivity index (χ0v) is 15.1. The fourth-order valence-electron chi connectivity index (χ4n) is 3.07. The molecule has 0 spiro atoms. The molecule has 2 N–H and O–H groups in total. The highest BCUT2D eigenvalue weighted by atomic mass is 16.7. The number of hydrogen-bond donors (Lipinski definition) is 2. The number of esters is 1. The third-order valence-corrected chi connectivity index (χ3v) is 4.64. The molecule has 142 valence electrons. The topological polar surface area (TPSA) is 102 Å². The lowest BCUT2D eigenvalue weighted by Crippen LogP contribution is -2.35. The molecule has 2 rings (SSSR count). The molecule has 0 aliphatic heterocycles. The Morgan fingerprint density at radius 3 is 2.42 bits per heavy atom. The van der Waals surface area contributed by atoms with Crippen LogP contribution in [0, 0.1) is 18.8 Å². The summed E-state index contributed by atoms with van der Waals surface area (Å²) in [5.74, 6) is -1.34. The molecule has 1 unspecified atom stereocenters. The Morgan fingerprint density at radius 1 is 1.15 bits per heavy atom. The number of aliphatic carboxylic acids is 1. The first kappa shape index (κ1) is 19.8. The minimum atomic E-state index is -1.01. The van der Waals surface area contributed by atoms with E-state index in [9.17, 15) is 14.4 Å². The maximum atomic E-state index is 12.1. The van der Waals surface area contributed by atoms with Crippen LogP contribution in [0.4, 0.5) is 4.79 Å². The number of carboxylic acids is 1. The lowest BCUT2D eigenvalue weighted by atomic mass is 9.82. The molecule has 0 heterocycles. The molecule has 0 radical (unpaired) electrons. The lowest BCUT2D eigenvalue weighted by Gasteiger charge is -2.26. The van der Waals surface area contributed by atoms with E-state index >= 15 is 0 Å². The summed E-state index contributed by atoms with van der Waals surface area (Å²) in [4.78, 5) is 34.8. The Hall–Kier alpha value is -2.57. The van der Waals surface area contributed by atoms with E-state index in [0.29, 0.717) is 24.9 Å². The minimum Gasteiger partial charge on any atom is -0.481 e. The number of carbonyl (C=O) groups is 3. The van der Waals surface area contributed by atoms with E-state index in [2.05, 4.69) is 5.32 Å². The summed E-state index contributed by atoms with van der Waals surface area (Å²) in [7, 11) is 0. The average Bonchev–Trinajstić information content (AvgIpc) is 2.60. The van der Waals surface area contributed by atoms with Crippen molar-refractivity contribution in [2.75, 3.05) is 6.54 Å². The van der Waals surface area contributed by atoms with Gasteiger partial charge in [-0.1, -0.05) is 18.2 Å². The zero-order valence-electron chi connectivity index (χ0n) is 15.1. The van der Waals surface area contributed by atoms with Crippen LogP contribution in [-0.2, 0) is 14.3 Å². The maximum Gasteiger partial charge on any atom is 0.410 e. The first-order chi connectivity index (χ1) is 12.4. The molecule has 1 aromatic carbocycles. The summed E-state index contributed by atoms with van der Waals surface area (Å²) in [5.41, 5.74) is 1.21. The molecule has 0 aromatic heterocycles. The third-order valence-electron chi connectivity index (χ3n) is 4.64. The summed E-state index contributed by atoms with van der Waals surface area (Å²) >= 11 is 0. The van der Waals surface area contributed by atoms with Crippen LogP contribution in [0.2, 0.25) is 0 Å². The molecule has 0 bridgehead atoms. The number of rotatable bonds is 6. The Balaban J connectivity index is 1.70. The van der Waals surface area contributed by atoms with Crippen molar-refractivity contribution >= 4 is 18.0 Å². The van der Waals surface area contributed by atoms with E-state index in [1.807, 2.05) is 6.07 Å². The van der Waals surface area contributed by atoms with E-state index in [-0.39, 0.29) is 11.8 Å². The average molecular weight is 363 g/mol. The van der Waals surface area contributed by atoms with Gasteiger partial charge in [0.05, 0.1) is 11.5 Å². The molecule has 1 aliphatic rings. The van der Waals surface area contributed by atoms with Gasteiger partial charge in [-0.05, 0) is 50.2 Å². The van der Waals surface area contributed by atoms with Crippen LogP contribution in [-0.4, -0.2) is 36.0 Å². The fourth-order valence-corrected chi connectivity index (χ4v) is 3.07. The second-order valence-corrected chi connectivity index (χ2v) is 6.63. The molecule has 1 amide bonds. The van der Waals surface area contributed by atoms with Crippen molar-refractivity contribution in [1.82, 2.24) is 5.32 Å². The van der Waals surface area contributed by atoms with Crippen LogP contribution in [0.3, 0.4) is 0 Å². The summed E-state index contributed by atoms with van der Waals surface area (Å²) in [6.45, 7) is 3.70. The van der Waals surface area contributed by atoms with Gasteiger partial charge >= 0.3 is 18.0 Å². The second-order valence-electron chi connectivity index (χ2n) is 6.63. The van der Waals surface area contributed by atoms with Gasteiger partial charge in [-0.25, -0.2) is 9.59 Å². The van der Waals surface area contributed by atoms with Crippen LogP contribution in [0.5, 0.6) is 0 Å². The van der Waals surface area contributed by atoms with Crippen LogP contribution in [0.15, 0.2) is 24.3 Å². The van der Waals surface area contributed by atoms with Gasteiger partial charge in [0.1, 0.15) is 0 Å². The van der Waals surface area contributed by atoms with E-state index in [1.165, 1.54) is 6.92 Å². The largest absolute Gasteiger partial charge is 0.481 e. The van der Waals surface area contributed by atoms with Gasteiger partial charge in [0.25, 0.3) is 0 Å². The quantitative estimate of drug-likeness (QED) is 0.595. The Bertz CT molecular complexity index is 651. The predicted octanol–water partition coefficient (Wildman–Crippen LogP) is 3.12. The van der Waals surface area contributed by atoms with Gasteiger partial charge in [-0.2, -0.15) is 0 Å². The molecular weight excluding hydrogens is 338 g/mol. The van der Waals surface area contributed by atoms with Crippen molar-refractivity contribution in [1.29, 1.82) is 0 Å². The molecule has 7 nitrogen and oxygen atoms in total. The molecule has 1 saturated carbocycles. The summed E-state index contributed by atoms with van der Waals surface area (Å²) in [6, 6.07) is 7.01. The lowest BCUT2D eigenvalue weighted by molar-refractivity contribution is -0.143. The van der Waals surface area contributed by atoms with E-state index in [0.717, 1.165) is 18.4 Å². The summed E-state index contributed by atoms with van der Waals surface area (Å²) < 4.78 is 10.2. The zero-order chi connectivity index (χ0) is 19.1. The number of ether oxygens (including phenoxy) is 2. The third kappa shape index (κ3) is 5.75. The monoisotopic (exact) mass is 363 g/mol. The maximum absolute atomic E-state index is 12.1. The molecule has 1 atom stereocenters. The molecule has 1 fully saturated rings. The van der Waals surface area contributed by atoms with Crippen LogP contribution < -0.4 is 5.32 Å². The number of hydrogen-bond acceptors (Lipinski definition) is 5. The Labute approximate surface area is 152 Å². The van der Waals surface area contributed by atoms with Crippen LogP contribution in [0.1, 0.15) is 48.5 Å². The first-order valence-electron chi connectivity index (χ1n) is 8.80. The number of carbonyl (C=O) groups excluding carboxylic acids is 2. The van der Waals surface area contributed by atoms with Crippen molar-refractivity contribution in [3.63, 3.8) is 0 Å². The molecule has 7 heteroatoms. The smallest absolute Gasteiger partial charge is 0.410 e. The summed E-state index contributed by atoms with van der Waals surface area (Å²) in [5, 5.41) is 11.6. The molecule has 26 heavy (non-hydrogen) atoms. The van der Waals surface area contributed by atoms with E-state index in [1.54, 1.807) is 25.1 Å². The number of aryl methyl sites for hydroxylation is 1. The highest BCUT2D eigenvalue weighted by Crippen LogP contribution is 2.28. The first-order valence-corrected chi connectivity index (χ1v) is 8.80. The molecule has 1 aromatic rings. The SMILES string of the molecule is Cc1ccccc1C(=O)OC(C)OC(=O)NC[C@H]1CC[C@H](C(=O)O)CC1. The number of nitrogens with one attached hydrogen (secondary N) is 1. The highest BCUT2D eigenvalue weighted by Gasteiger charge is 2.26. The van der Waals surface area contributed by atoms with Crippen molar-refractivity contribution in [3.05, 3.63) is 35.4 Å². The van der Waals surface area contributed by atoms with Gasteiger partial charge in [-0.3, -0.25) is 4.79 Å². The van der Waals surface area contributed by atoms with E-state index < -0.39 is 24.3 Å². The van der Waals surface area contributed by atoms with Crippen molar-refractivity contribution in [3.8, 4) is 0 Å². The van der Waals surface area contributed by atoms with Gasteiger partial charge in [0.2, 0.25) is 6.29 Å². The number of alkyl carbamates (subject to hydrolysis) is 1. The van der Waals surface area contributed by atoms with E-state index in [4.69, 9.17) is 14.6 Å². The molecular formula is C19H25NO6. The van der Waals surface area contributed by atoms with Gasteiger partial charge in [0.15, 0.2) is 0 Å². The Morgan fingerprint density at radius 2 is 1.81 bits per heavy atom. The second kappa shape index (κ2) is 9.22. The fraction of sp³-hybridized carbons (Fsp3) is 0.526. The highest BCUT2D eigenvalue weighted by molar-refractivity contribution is 5.91. The van der Waals surface area contributed by atoms with Gasteiger partial charge in [0, 0.05) is 13.5 Å². The minimum absolute atomic E-state index is 0.239. The standard InChI is InChI=1S/C19H25NO6/c1-12-5-3-4-6-16(12)18(23)25-13(2)26-19(24)20-11-14-7-9-15(10-8-14)17(21)22/h3-6,13-15H,7-11H2,1-2H3,(H,20,24)(H,21,22)/t13?,14-,15-. The Kier molecular flexibility index (Phi) is 7.00. The number of carboxylic acid groups (broad SMARTS) is 1. The van der Waals surface area contributed by atoms with Gasteiger partial charge in [-0.15, -0.1) is 0 Å². The predicted molar refractivity (Wildman–Crippen MR) is 93.6 cm³/mol. The van der Waals surface area contributed by atoms with Crippen molar-refractivity contribution in [2.45, 2.75) is 45.8 Å². The van der Waals surface area contributed by atoms with Gasteiger partial charge < -0.3 is 19.9 Å². The molecule has 1 aliphatic carbocycles. The van der Waals surface area contributed by atoms with Crippen LogP contribution in [0.25, 0.3) is 0 Å². The number of amides is 1. The molecule has 0 saturated heterocycles. The van der Waals surface area contributed by atoms with Crippen molar-refractivity contribution in [2.24, 2.45) is 11.8 Å². The van der Waals surface area contributed by atoms with Crippen molar-refractivity contribution < 1.29 is 29.0 Å². The number of benzene rings is 1. The van der Waals surface area contributed by atoms with Crippen LogP contribution >= 0.6 is 0 Å².